The minimum Gasteiger partial charge on any atom is -0.434 e. The van der Waals surface area contributed by atoms with Gasteiger partial charge in [0.1, 0.15) is 0 Å². The van der Waals surface area contributed by atoms with Crippen molar-refractivity contribution in [2.45, 2.75) is 206 Å². The summed E-state index contributed by atoms with van der Waals surface area (Å²) in [4.78, 5) is 11.4. The summed E-state index contributed by atoms with van der Waals surface area (Å²) in [6.45, 7) is 5.44. The van der Waals surface area contributed by atoms with Crippen LogP contribution in [0, 0.1) is 0 Å². The molecule has 0 aromatic carbocycles. The molecule has 0 aliphatic heterocycles. The third kappa shape index (κ3) is 33.3. The van der Waals surface area contributed by atoms with Crippen molar-refractivity contribution in [3.05, 3.63) is 0 Å². The summed E-state index contributed by atoms with van der Waals surface area (Å²) < 4.78 is 10.2. The predicted molar refractivity (Wildman–Crippen MR) is 167 cm³/mol. The van der Waals surface area contributed by atoms with E-state index in [9.17, 15) is 4.79 Å². The summed E-state index contributed by atoms with van der Waals surface area (Å²) in [6.07, 6.45) is 40.7. The van der Waals surface area contributed by atoms with Crippen LogP contribution in [0.15, 0.2) is 0 Å². The van der Waals surface area contributed by atoms with Crippen molar-refractivity contribution in [3.63, 3.8) is 0 Å². The van der Waals surface area contributed by atoms with Crippen LogP contribution in [0.4, 0.5) is 4.79 Å². The Kier molecular flexibility index (Phi) is 33.6. The lowest BCUT2D eigenvalue weighted by molar-refractivity contribution is 0.0529. The number of carbonyl (C=O) groups is 1. The number of rotatable bonds is 32. The molecule has 0 saturated heterocycles. The number of ether oxygens (including phenoxy) is 2. The van der Waals surface area contributed by atoms with Crippen molar-refractivity contribution in [2.24, 2.45) is 0 Å². The van der Waals surface area contributed by atoms with E-state index in [-0.39, 0.29) is 0 Å². The van der Waals surface area contributed by atoms with Crippen molar-refractivity contribution in [1.82, 2.24) is 0 Å². The SMILES string of the molecule is CCCCCCCCCCCCCCCCCCCCCCCCCCCCCOC(=O)OCCCCC. The topological polar surface area (TPSA) is 35.5 Å². The molecule has 0 unspecified atom stereocenters. The average molecular weight is 539 g/mol. The van der Waals surface area contributed by atoms with Crippen molar-refractivity contribution in [3.8, 4) is 0 Å². The second kappa shape index (κ2) is 34.3. The fourth-order valence-corrected chi connectivity index (χ4v) is 5.30. The molecule has 0 aliphatic rings. The zero-order valence-corrected chi connectivity index (χ0v) is 26.4. The Morgan fingerprint density at radius 1 is 0.316 bits per heavy atom. The van der Waals surface area contributed by atoms with Crippen molar-refractivity contribution in [2.75, 3.05) is 13.2 Å². The largest absolute Gasteiger partial charge is 0.508 e. The van der Waals surface area contributed by atoms with Gasteiger partial charge < -0.3 is 9.47 Å². The molecule has 0 rings (SSSR count). The summed E-state index contributed by atoms with van der Waals surface area (Å²) >= 11 is 0. The van der Waals surface area contributed by atoms with Gasteiger partial charge in [0.25, 0.3) is 0 Å². The van der Waals surface area contributed by atoms with E-state index < -0.39 is 6.16 Å². The Hall–Kier alpha value is -0.730. The molecule has 0 radical (unpaired) electrons. The Balaban J connectivity index is 3.07. The first-order chi connectivity index (χ1) is 18.8. The Labute approximate surface area is 240 Å². The van der Waals surface area contributed by atoms with Gasteiger partial charge in [-0.05, 0) is 12.8 Å². The summed E-state index contributed by atoms with van der Waals surface area (Å²) in [5.74, 6) is 0. The third-order valence-corrected chi connectivity index (χ3v) is 7.94. The fraction of sp³-hybridized carbons (Fsp3) is 0.971. The minimum atomic E-state index is -0.490. The van der Waals surface area contributed by atoms with Gasteiger partial charge >= 0.3 is 6.16 Å². The Morgan fingerprint density at radius 2 is 0.500 bits per heavy atom. The number of carbonyl (C=O) groups excluding carboxylic acids is 1. The number of hydrogen-bond donors (Lipinski definition) is 0. The predicted octanol–water partition coefficient (Wildman–Crippen LogP) is 12.9. The van der Waals surface area contributed by atoms with Crippen LogP contribution in [-0.2, 0) is 9.47 Å². The average Bonchev–Trinajstić information content (AvgIpc) is 2.92. The van der Waals surface area contributed by atoms with E-state index in [1.54, 1.807) is 0 Å². The first-order valence-corrected chi connectivity index (χ1v) is 17.6. The van der Waals surface area contributed by atoms with E-state index in [0.29, 0.717) is 13.2 Å². The van der Waals surface area contributed by atoms with E-state index in [0.717, 1.165) is 32.1 Å². The highest BCUT2D eigenvalue weighted by Crippen LogP contribution is 2.16. The van der Waals surface area contributed by atoms with Crippen LogP contribution in [0.3, 0.4) is 0 Å². The zero-order chi connectivity index (χ0) is 27.6. The standard InChI is InChI=1S/C35H70O3/c1-3-5-7-8-9-10-11-12-13-14-15-16-17-18-19-20-21-22-23-24-25-26-27-28-29-30-32-34-38-35(36)37-33-31-6-4-2/h3-34H2,1-2H3. The van der Waals surface area contributed by atoms with Crippen LogP contribution >= 0.6 is 0 Å². The summed E-state index contributed by atoms with van der Waals surface area (Å²) in [6, 6.07) is 0. The highest BCUT2D eigenvalue weighted by Gasteiger charge is 2.02. The van der Waals surface area contributed by atoms with Crippen LogP contribution in [0.5, 0.6) is 0 Å². The van der Waals surface area contributed by atoms with Gasteiger partial charge in [-0.15, -0.1) is 0 Å². The van der Waals surface area contributed by atoms with Crippen LogP contribution in [-0.4, -0.2) is 19.4 Å². The highest BCUT2D eigenvalue weighted by molar-refractivity contribution is 5.59. The number of unbranched alkanes of at least 4 members (excludes halogenated alkanes) is 28. The first kappa shape index (κ1) is 37.3. The molecule has 228 valence electrons. The summed E-state index contributed by atoms with van der Waals surface area (Å²) in [5.41, 5.74) is 0. The van der Waals surface area contributed by atoms with E-state index in [4.69, 9.17) is 9.47 Å². The molecule has 0 saturated carbocycles. The van der Waals surface area contributed by atoms with Crippen LogP contribution in [0.1, 0.15) is 206 Å². The molecule has 38 heavy (non-hydrogen) atoms. The monoisotopic (exact) mass is 539 g/mol. The third-order valence-electron chi connectivity index (χ3n) is 7.94. The molecule has 0 aromatic rings. The molecular weight excluding hydrogens is 468 g/mol. The Bertz CT molecular complexity index is 437. The molecule has 0 heterocycles. The maximum absolute atomic E-state index is 11.4. The van der Waals surface area contributed by atoms with Gasteiger partial charge in [0.2, 0.25) is 0 Å². The lowest BCUT2D eigenvalue weighted by atomic mass is 10.0. The van der Waals surface area contributed by atoms with E-state index in [2.05, 4.69) is 13.8 Å². The first-order valence-electron chi connectivity index (χ1n) is 17.6. The van der Waals surface area contributed by atoms with Gasteiger partial charge in [0, 0.05) is 0 Å². The lowest BCUT2D eigenvalue weighted by Gasteiger charge is -2.06. The van der Waals surface area contributed by atoms with Crippen molar-refractivity contribution < 1.29 is 14.3 Å². The molecule has 0 atom stereocenters. The zero-order valence-electron chi connectivity index (χ0n) is 26.4. The van der Waals surface area contributed by atoms with Crippen molar-refractivity contribution >= 4 is 6.16 Å². The van der Waals surface area contributed by atoms with E-state index in [1.165, 1.54) is 161 Å². The molecule has 0 fully saturated rings. The highest BCUT2D eigenvalue weighted by atomic mass is 16.7. The lowest BCUT2D eigenvalue weighted by Crippen LogP contribution is -2.09. The minimum absolute atomic E-state index is 0.490. The van der Waals surface area contributed by atoms with Crippen molar-refractivity contribution in [1.29, 1.82) is 0 Å². The van der Waals surface area contributed by atoms with Crippen LogP contribution < -0.4 is 0 Å². The van der Waals surface area contributed by atoms with Gasteiger partial charge in [-0.3, -0.25) is 0 Å². The molecular formula is C35H70O3. The number of hydrogen-bond acceptors (Lipinski definition) is 3. The van der Waals surface area contributed by atoms with Gasteiger partial charge in [0.15, 0.2) is 0 Å². The van der Waals surface area contributed by atoms with E-state index in [1.807, 2.05) is 0 Å². The Morgan fingerprint density at radius 3 is 0.763 bits per heavy atom. The van der Waals surface area contributed by atoms with Gasteiger partial charge in [-0.25, -0.2) is 4.79 Å². The molecule has 0 aromatic heterocycles. The molecule has 0 bridgehead atoms. The normalized spacial score (nSPS) is 11.2. The van der Waals surface area contributed by atoms with Gasteiger partial charge in [-0.1, -0.05) is 194 Å². The van der Waals surface area contributed by atoms with Crippen LogP contribution in [0.2, 0.25) is 0 Å². The quantitative estimate of drug-likeness (QED) is 0.0631. The smallest absolute Gasteiger partial charge is 0.434 e. The maximum Gasteiger partial charge on any atom is 0.508 e. The van der Waals surface area contributed by atoms with E-state index >= 15 is 0 Å². The van der Waals surface area contributed by atoms with Gasteiger partial charge in [-0.2, -0.15) is 0 Å². The molecule has 0 spiro atoms. The molecule has 0 aliphatic carbocycles. The van der Waals surface area contributed by atoms with Crippen LogP contribution in [0.25, 0.3) is 0 Å². The van der Waals surface area contributed by atoms with Gasteiger partial charge in [0.05, 0.1) is 13.2 Å². The fourth-order valence-electron chi connectivity index (χ4n) is 5.30. The molecule has 0 N–H and O–H groups in total. The maximum atomic E-state index is 11.4. The second-order valence-electron chi connectivity index (χ2n) is 11.8. The molecule has 3 heteroatoms. The molecule has 3 nitrogen and oxygen atoms in total. The summed E-state index contributed by atoms with van der Waals surface area (Å²) in [7, 11) is 0. The summed E-state index contributed by atoms with van der Waals surface area (Å²) in [5, 5.41) is 0. The molecule has 0 amide bonds. The second-order valence-corrected chi connectivity index (χ2v) is 11.8.